The molecule has 2 aromatic rings. The summed E-state index contributed by atoms with van der Waals surface area (Å²) in [5, 5.41) is 2.81. The zero-order valence-corrected chi connectivity index (χ0v) is 18.0. The molecule has 1 atom stereocenters. The molecular formula is C24H29FN2O4. The molecule has 0 fully saturated rings. The number of hydrogen-bond acceptors (Lipinski definition) is 4. The number of likely N-dealkylation sites (N-methyl/N-ethyl adjacent to an activating group) is 1. The second-order valence-corrected chi connectivity index (χ2v) is 7.44. The Hall–Kier alpha value is -3.09. The van der Waals surface area contributed by atoms with Gasteiger partial charge in [0, 0.05) is 19.5 Å². The molecule has 3 rings (SSSR count). The van der Waals surface area contributed by atoms with Gasteiger partial charge in [-0.15, -0.1) is 0 Å². The van der Waals surface area contributed by atoms with E-state index in [1.807, 2.05) is 32.0 Å². The fourth-order valence-electron chi connectivity index (χ4n) is 3.64. The van der Waals surface area contributed by atoms with Gasteiger partial charge in [0.1, 0.15) is 25.1 Å². The van der Waals surface area contributed by atoms with E-state index >= 15 is 0 Å². The van der Waals surface area contributed by atoms with Crippen molar-refractivity contribution in [3.05, 3.63) is 59.4 Å². The van der Waals surface area contributed by atoms with Crippen molar-refractivity contribution >= 4 is 11.8 Å². The van der Waals surface area contributed by atoms with E-state index in [1.54, 1.807) is 17.0 Å². The summed E-state index contributed by atoms with van der Waals surface area (Å²) in [5.74, 6) is 0.753. The lowest BCUT2D eigenvalue weighted by Gasteiger charge is -2.30. The lowest BCUT2D eigenvalue weighted by Crippen LogP contribution is -2.49. The van der Waals surface area contributed by atoms with Crippen LogP contribution in [0.5, 0.6) is 11.5 Å². The molecule has 0 bridgehead atoms. The number of rotatable bonds is 9. The second-order valence-electron chi connectivity index (χ2n) is 7.44. The van der Waals surface area contributed by atoms with E-state index in [1.165, 1.54) is 12.1 Å². The van der Waals surface area contributed by atoms with E-state index in [4.69, 9.17) is 9.47 Å². The average molecular weight is 429 g/mol. The zero-order valence-electron chi connectivity index (χ0n) is 18.0. The Morgan fingerprint density at radius 3 is 2.39 bits per heavy atom. The summed E-state index contributed by atoms with van der Waals surface area (Å²) in [7, 11) is 0. The minimum absolute atomic E-state index is 0.127. The summed E-state index contributed by atoms with van der Waals surface area (Å²) < 4.78 is 24.5. The Labute approximate surface area is 182 Å². The number of carbonyl (C=O) groups excluding carboxylic acids is 2. The van der Waals surface area contributed by atoms with Crippen molar-refractivity contribution in [2.45, 2.75) is 45.7 Å². The Kier molecular flexibility index (Phi) is 7.87. The molecule has 2 aromatic carbocycles. The van der Waals surface area contributed by atoms with Crippen molar-refractivity contribution in [2.24, 2.45) is 0 Å². The Morgan fingerprint density at radius 1 is 1.03 bits per heavy atom. The van der Waals surface area contributed by atoms with E-state index in [0.717, 1.165) is 11.1 Å². The second kappa shape index (κ2) is 10.8. The highest BCUT2D eigenvalue weighted by molar-refractivity contribution is 5.87. The minimum atomic E-state index is -0.585. The first-order chi connectivity index (χ1) is 15.0. The van der Waals surface area contributed by atoms with Gasteiger partial charge in [-0.2, -0.15) is 0 Å². The molecular weight excluding hydrogens is 399 g/mol. The molecule has 31 heavy (non-hydrogen) atoms. The van der Waals surface area contributed by atoms with Crippen LogP contribution in [0.15, 0.2) is 42.5 Å². The summed E-state index contributed by atoms with van der Waals surface area (Å²) in [4.78, 5) is 27.4. The molecule has 1 aliphatic heterocycles. The minimum Gasteiger partial charge on any atom is -0.486 e. The molecule has 2 amide bonds. The summed E-state index contributed by atoms with van der Waals surface area (Å²) in [5.41, 5.74) is 1.74. The van der Waals surface area contributed by atoms with Gasteiger partial charge >= 0.3 is 0 Å². The van der Waals surface area contributed by atoms with Gasteiger partial charge < -0.3 is 19.7 Å². The molecule has 0 unspecified atom stereocenters. The van der Waals surface area contributed by atoms with Crippen LogP contribution in [0.3, 0.4) is 0 Å². The molecule has 1 heterocycles. The predicted octanol–water partition coefficient (Wildman–Crippen LogP) is 3.47. The van der Waals surface area contributed by atoms with Crippen LogP contribution in [0.4, 0.5) is 4.39 Å². The number of carbonyl (C=O) groups is 2. The monoisotopic (exact) mass is 428 g/mol. The number of nitrogens with zero attached hydrogens (tertiary/aromatic N) is 1. The topological polar surface area (TPSA) is 67.9 Å². The van der Waals surface area contributed by atoms with Crippen molar-refractivity contribution in [3.8, 4) is 11.5 Å². The van der Waals surface area contributed by atoms with Crippen LogP contribution < -0.4 is 14.8 Å². The van der Waals surface area contributed by atoms with E-state index in [9.17, 15) is 14.0 Å². The van der Waals surface area contributed by atoms with Crippen LogP contribution >= 0.6 is 0 Å². The normalized spacial score (nSPS) is 13.4. The first kappa shape index (κ1) is 22.6. The molecule has 0 aromatic heterocycles. The molecule has 0 spiro atoms. The van der Waals surface area contributed by atoms with Crippen LogP contribution in [0.1, 0.15) is 37.8 Å². The third kappa shape index (κ3) is 5.96. The Morgan fingerprint density at radius 2 is 1.71 bits per heavy atom. The summed E-state index contributed by atoms with van der Waals surface area (Å²) in [6, 6.07) is 11.1. The standard InChI is InChI=1S/C24H29FN2O4/c1-3-20(24(29)26-4-2)27(16-18-5-9-19(25)10-6-18)23(28)12-8-17-7-11-21-22(15-17)31-14-13-30-21/h5-7,9-11,15,20H,3-4,8,12-14,16H2,1-2H3,(H,26,29)/t20-/m1/s1. The number of benzene rings is 2. The van der Waals surface area contributed by atoms with Crippen molar-refractivity contribution in [2.75, 3.05) is 19.8 Å². The molecule has 1 N–H and O–H groups in total. The maximum absolute atomic E-state index is 13.3. The fourth-order valence-corrected chi connectivity index (χ4v) is 3.64. The van der Waals surface area contributed by atoms with Crippen molar-refractivity contribution in [1.29, 1.82) is 0 Å². The van der Waals surface area contributed by atoms with Crippen LogP contribution in [0.2, 0.25) is 0 Å². The SMILES string of the molecule is CCNC(=O)[C@@H](CC)N(Cc1ccc(F)cc1)C(=O)CCc1ccc2c(c1)OCCO2. The third-order valence-corrected chi connectivity index (χ3v) is 5.24. The number of amides is 2. The zero-order chi connectivity index (χ0) is 22.2. The quantitative estimate of drug-likeness (QED) is 0.664. The molecule has 7 heteroatoms. The fraction of sp³-hybridized carbons (Fsp3) is 0.417. The number of halogens is 1. The van der Waals surface area contributed by atoms with Crippen molar-refractivity contribution in [1.82, 2.24) is 10.2 Å². The number of aryl methyl sites for hydroxylation is 1. The summed E-state index contributed by atoms with van der Waals surface area (Å²) in [6.45, 7) is 5.50. The number of fused-ring (bicyclic) bond motifs is 1. The first-order valence-corrected chi connectivity index (χ1v) is 10.7. The van der Waals surface area contributed by atoms with Crippen molar-refractivity contribution in [3.63, 3.8) is 0 Å². The molecule has 0 radical (unpaired) electrons. The van der Waals surface area contributed by atoms with Gasteiger partial charge in [-0.05, 0) is 55.2 Å². The highest BCUT2D eigenvalue weighted by atomic mass is 19.1. The van der Waals surface area contributed by atoms with Crippen molar-refractivity contribution < 1.29 is 23.5 Å². The van der Waals surface area contributed by atoms with E-state index in [-0.39, 0.29) is 30.6 Å². The molecule has 166 valence electrons. The van der Waals surface area contributed by atoms with Gasteiger partial charge in [0.2, 0.25) is 11.8 Å². The Balaban J connectivity index is 1.74. The van der Waals surface area contributed by atoms with E-state index in [2.05, 4.69) is 5.32 Å². The molecule has 0 aliphatic carbocycles. The highest BCUT2D eigenvalue weighted by Gasteiger charge is 2.28. The molecule has 0 saturated heterocycles. The van der Waals surface area contributed by atoms with Gasteiger partial charge in [0.15, 0.2) is 11.5 Å². The van der Waals surface area contributed by atoms with Gasteiger partial charge in [-0.25, -0.2) is 4.39 Å². The van der Waals surface area contributed by atoms with Crippen LogP contribution in [0, 0.1) is 5.82 Å². The smallest absolute Gasteiger partial charge is 0.242 e. The number of ether oxygens (including phenoxy) is 2. The maximum atomic E-state index is 13.3. The molecule has 1 aliphatic rings. The number of nitrogens with one attached hydrogen (secondary N) is 1. The van der Waals surface area contributed by atoms with Gasteiger partial charge in [0.05, 0.1) is 0 Å². The lowest BCUT2D eigenvalue weighted by molar-refractivity contribution is -0.141. The van der Waals surface area contributed by atoms with Crippen LogP contribution in [-0.4, -0.2) is 42.5 Å². The number of hydrogen-bond donors (Lipinski definition) is 1. The van der Waals surface area contributed by atoms with Gasteiger partial charge in [-0.3, -0.25) is 9.59 Å². The predicted molar refractivity (Wildman–Crippen MR) is 115 cm³/mol. The van der Waals surface area contributed by atoms with Gasteiger partial charge in [0.25, 0.3) is 0 Å². The first-order valence-electron chi connectivity index (χ1n) is 10.7. The van der Waals surface area contributed by atoms with Crippen LogP contribution in [-0.2, 0) is 22.6 Å². The average Bonchev–Trinajstić information content (AvgIpc) is 2.78. The Bertz CT molecular complexity index is 901. The third-order valence-electron chi connectivity index (χ3n) is 5.24. The molecule has 6 nitrogen and oxygen atoms in total. The summed E-state index contributed by atoms with van der Waals surface area (Å²) in [6.07, 6.45) is 1.25. The van der Waals surface area contributed by atoms with E-state index in [0.29, 0.717) is 44.1 Å². The van der Waals surface area contributed by atoms with Gasteiger partial charge in [-0.1, -0.05) is 25.1 Å². The largest absolute Gasteiger partial charge is 0.486 e. The summed E-state index contributed by atoms with van der Waals surface area (Å²) >= 11 is 0. The highest BCUT2D eigenvalue weighted by Crippen LogP contribution is 2.31. The van der Waals surface area contributed by atoms with E-state index < -0.39 is 6.04 Å². The molecule has 0 saturated carbocycles. The maximum Gasteiger partial charge on any atom is 0.242 e. The lowest BCUT2D eigenvalue weighted by atomic mass is 10.1. The van der Waals surface area contributed by atoms with Crippen LogP contribution in [0.25, 0.3) is 0 Å².